The van der Waals surface area contributed by atoms with Crippen molar-refractivity contribution in [3.63, 3.8) is 0 Å². The van der Waals surface area contributed by atoms with Crippen molar-refractivity contribution in [2.24, 2.45) is 0 Å². The topological polar surface area (TPSA) is 41.6 Å². The van der Waals surface area contributed by atoms with E-state index < -0.39 is 0 Å². The van der Waals surface area contributed by atoms with E-state index in [1.807, 2.05) is 47.4 Å². The van der Waals surface area contributed by atoms with Crippen molar-refractivity contribution < 1.29 is 9.53 Å². The predicted octanol–water partition coefficient (Wildman–Crippen LogP) is 3.55. The van der Waals surface area contributed by atoms with E-state index in [0.29, 0.717) is 17.9 Å². The molecule has 0 aliphatic carbocycles. The van der Waals surface area contributed by atoms with E-state index in [0.717, 1.165) is 11.4 Å². The van der Waals surface area contributed by atoms with Crippen molar-refractivity contribution in [2.45, 2.75) is 19.4 Å². The number of hydrogen-bond donors (Lipinski definition) is 1. The second-order valence-corrected chi connectivity index (χ2v) is 6.12. The molecule has 0 aromatic heterocycles. The highest BCUT2D eigenvalue weighted by atomic mass is 16.5. The number of benzene rings is 2. The summed E-state index contributed by atoms with van der Waals surface area (Å²) in [7, 11) is 1.59. The number of hydrogen-bond acceptors (Lipinski definition) is 3. The summed E-state index contributed by atoms with van der Waals surface area (Å²) in [4.78, 5) is 14.9. The number of ether oxygens (including phenoxy) is 1. The Morgan fingerprint density at radius 1 is 1.14 bits per heavy atom. The number of carbonyl (C=O) groups excluding carboxylic acids is 1. The average molecular weight is 296 g/mol. The standard InChI is InChI=1S/C18H20N2O2/c1-18(2)12-20(15-10-6-5-9-14(15)19-18)17(21)13-8-4-7-11-16(13)22-3/h4-11,19H,12H2,1-3H3. The van der Waals surface area contributed by atoms with Gasteiger partial charge >= 0.3 is 0 Å². The van der Waals surface area contributed by atoms with E-state index in [-0.39, 0.29) is 11.4 Å². The van der Waals surface area contributed by atoms with Crippen molar-refractivity contribution in [3.8, 4) is 5.75 Å². The summed E-state index contributed by atoms with van der Waals surface area (Å²) < 4.78 is 5.33. The first-order valence-corrected chi connectivity index (χ1v) is 7.34. The molecule has 2 aromatic carbocycles. The largest absolute Gasteiger partial charge is 0.496 e. The molecule has 0 saturated carbocycles. The lowest BCUT2D eigenvalue weighted by molar-refractivity contribution is 0.0978. The number of nitrogens with zero attached hydrogens (tertiary/aromatic N) is 1. The SMILES string of the molecule is COc1ccccc1C(=O)N1CC(C)(C)Nc2ccccc21. The van der Waals surface area contributed by atoms with Gasteiger partial charge in [0.05, 0.1) is 24.0 Å². The lowest BCUT2D eigenvalue weighted by atomic mass is 9.98. The first-order valence-electron chi connectivity index (χ1n) is 7.34. The van der Waals surface area contributed by atoms with Crippen molar-refractivity contribution in [2.75, 3.05) is 23.9 Å². The molecule has 1 heterocycles. The third-order valence-electron chi connectivity index (χ3n) is 3.80. The van der Waals surface area contributed by atoms with Crippen molar-refractivity contribution in [3.05, 3.63) is 54.1 Å². The maximum absolute atomic E-state index is 13.0. The van der Waals surface area contributed by atoms with Crippen LogP contribution in [0.4, 0.5) is 11.4 Å². The summed E-state index contributed by atoms with van der Waals surface area (Å²) >= 11 is 0. The Morgan fingerprint density at radius 2 is 1.82 bits per heavy atom. The Morgan fingerprint density at radius 3 is 2.59 bits per heavy atom. The van der Waals surface area contributed by atoms with Crippen LogP contribution in [0.15, 0.2) is 48.5 Å². The molecule has 1 N–H and O–H groups in total. The predicted molar refractivity (Wildman–Crippen MR) is 88.8 cm³/mol. The third kappa shape index (κ3) is 2.52. The van der Waals surface area contributed by atoms with Gasteiger partial charge in [0, 0.05) is 12.1 Å². The van der Waals surface area contributed by atoms with E-state index in [9.17, 15) is 4.79 Å². The number of para-hydroxylation sites is 3. The molecule has 4 nitrogen and oxygen atoms in total. The Bertz CT molecular complexity index is 710. The molecule has 1 amide bonds. The van der Waals surface area contributed by atoms with E-state index in [1.165, 1.54) is 0 Å². The second kappa shape index (κ2) is 5.37. The summed E-state index contributed by atoms with van der Waals surface area (Å²) in [6, 6.07) is 15.2. The lowest BCUT2D eigenvalue weighted by Crippen LogP contribution is -2.50. The fraction of sp³-hybridized carbons (Fsp3) is 0.278. The highest BCUT2D eigenvalue weighted by molar-refractivity contribution is 6.10. The van der Waals surface area contributed by atoms with Crippen LogP contribution in [0.3, 0.4) is 0 Å². The van der Waals surface area contributed by atoms with Gasteiger partial charge < -0.3 is 15.0 Å². The summed E-state index contributed by atoms with van der Waals surface area (Å²) in [5.41, 5.74) is 2.27. The van der Waals surface area contributed by atoms with Gasteiger partial charge in [0.25, 0.3) is 5.91 Å². The molecule has 1 aliphatic heterocycles. The Balaban J connectivity index is 2.05. The van der Waals surface area contributed by atoms with Crippen LogP contribution in [0.1, 0.15) is 24.2 Å². The fourth-order valence-corrected chi connectivity index (χ4v) is 2.85. The third-order valence-corrected chi connectivity index (χ3v) is 3.80. The molecule has 1 aliphatic rings. The van der Waals surface area contributed by atoms with Crippen molar-refractivity contribution in [1.82, 2.24) is 0 Å². The Labute approximate surface area is 130 Å². The molecule has 0 fully saturated rings. The van der Waals surface area contributed by atoms with E-state index >= 15 is 0 Å². The number of carbonyl (C=O) groups is 1. The first-order chi connectivity index (χ1) is 10.5. The molecule has 0 radical (unpaired) electrons. The average Bonchev–Trinajstić information content (AvgIpc) is 2.52. The minimum absolute atomic E-state index is 0.0422. The smallest absolute Gasteiger partial charge is 0.262 e. The van der Waals surface area contributed by atoms with Gasteiger partial charge in [0.15, 0.2) is 0 Å². The van der Waals surface area contributed by atoms with Gasteiger partial charge in [0.1, 0.15) is 5.75 Å². The highest BCUT2D eigenvalue weighted by Gasteiger charge is 2.33. The van der Waals surface area contributed by atoms with Crippen LogP contribution in [-0.2, 0) is 0 Å². The van der Waals surface area contributed by atoms with Crippen LogP contribution < -0.4 is 15.0 Å². The Hall–Kier alpha value is -2.49. The molecule has 0 spiro atoms. The van der Waals surface area contributed by atoms with E-state index in [2.05, 4.69) is 19.2 Å². The van der Waals surface area contributed by atoms with Gasteiger partial charge in [-0.3, -0.25) is 4.79 Å². The zero-order chi connectivity index (χ0) is 15.7. The van der Waals surface area contributed by atoms with Crippen molar-refractivity contribution in [1.29, 1.82) is 0 Å². The highest BCUT2D eigenvalue weighted by Crippen LogP contribution is 2.35. The summed E-state index contributed by atoms with van der Waals surface area (Å²) in [5, 5.41) is 3.48. The van der Waals surface area contributed by atoms with Gasteiger partial charge in [-0.05, 0) is 38.1 Å². The fourth-order valence-electron chi connectivity index (χ4n) is 2.85. The van der Waals surface area contributed by atoms with Crippen molar-refractivity contribution >= 4 is 17.3 Å². The minimum atomic E-state index is -0.188. The van der Waals surface area contributed by atoms with E-state index in [4.69, 9.17) is 4.74 Å². The quantitative estimate of drug-likeness (QED) is 0.921. The number of nitrogens with one attached hydrogen (secondary N) is 1. The molecule has 4 heteroatoms. The zero-order valence-electron chi connectivity index (χ0n) is 13.1. The Kier molecular flexibility index (Phi) is 3.53. The number of methoxy groups -OCH3 is 1. The summed E-state index contributed by atoms with van der Waals surface area (Å²) in [5.74, 6) is 0.556. The molecular weight excluding hydrogens is 276 g/mol. The maximum atomic E-state index is 13.0. The van der Waals surface area contributed by atoms with Gasteiger partial charge in [-0.15, -0.1) is 0 Å². The van der Waals surface area contributed by atoms with Crippen LogP contribution in [-0.4, -0.2) is 25.1 Å². The molecule has 22 heavy (non-hydrogen) atoms. The zero-order valence-corrected chi connectivity index (χ0v) is 13.1. The van der Waals surface area contributed by atoms with Crippen LogP contribution in [0.2, 0.25) is 0 Å². The minimum Gasteiger partial charge on any atom is -0.496 e. The van der Waals surface area contributed by atoms with E-state index in [1.54, 1.807) is 13.2 Å². The first kappa shape index (κ1) is 14.4. The molecule has 2 aromatic rings. The summed E-state index contributed by atoms with van der Waals surface area (Å²) in [6.45, 7) is 4.78. The van der Waals surface area contributed by atoms with Crippen LogP contribution in [0.5, 0.6) is 5.75 Å². The van der Waals surface area contributed by atoms with Gasteiger partial charge in [0.2, 0.25) is 0 Å². The molecular formula is C18H20N2O2. The van der Waals surface area contributed by atoms with Crippen LogP contribution >= 0.6 is 0 Å². The molecule has 0 unspecified atom stereocenters. The molecule has 0 bridgehead atoms. The number of fused-ring (bicyclic) bond motifs is 1. The van der Waals surface area contributed by atoms with Crippen LogP contribution in [0, 0.1) is 0 Å². The maximum Gasteiger partial charge on any atom is 0.262 e. The van der Waals surface area contributed by atoms with Gasteiger partial charge in [-0.2, -0.15) is 0 Å². The number of rotatable bonds is 2. The number of amides is 1. The molecule has 0 saturated heterocycles. The monoisotopic (exact) mass is 296 g/mol. The molecule has 0 atom stereocenters. The summed E-state index contributed by atoms with van der Waals surface area (Å²) in [6.07, 6.45) is 0. The van der Waals surface area contributed by atoms with Gasteiger partial charge in [-0.1, -0.05) is 24.3 Å². The van der Waals surface area contributed by atoms with Crippen LogP contribution in [0.25, 0.3) is 0 Å². The molecule has 3 rings (SSSR count). The second-order valence-electron chi connectivity index (χ2n) is 6.12. The van der Waals surface area contributed by atoms with Gasteiger partial charge in [-0.25, -0.2) is 0 Å². The molecule has 114 valence electrons. The lowest BCUT2D eigenvalue weighted by Gasteiger charge is -2.41. The number of anilines is 2. The normalized spacial score (nSPS) is 15.7.